The van der Waals surface area contributed by atoms with Crippen LogP contribution in [0.5, 0.6) is 0 Å². The Morgan fingerprint density at radius 1 is 1.05 bits per heavy atom. The SMILES string of the molecule is CCc1ccc(C(NCc2ccn(C)c2)C(C)C)cc1. The number of aromatic nitrogens is 1. The van der Waals surface area contributed by atoms with E-state index >= 15 is 0 Å². The van der Waals surface area contributed by atoms with Gasteiger partial charge in [0.05, 0.1) is 0 Å². The molecule has 20 heavy (non-hydrogen) atoms. The van der Waals surface area contributed by atoms with E-state index < -0.39 is 0 Å². The van der Waals surface area contributed by atoms with Crippen molar-refractivity contribution in [3.8, 4) is 0 Å². The van der Waals surface area contributed by atoms with E-state index in [0.717, 1.165) is 13.0 Å². The highest BCUT2D eigenvalue weighted by Gasteiger charge is 2.15. The van der Waals surface area contributed by atoms with E-state index in [0.29, 0.717) is 12.0 Å². The van der Waals surface area contributed by atoms with Crippen LogP contribution in [0.15, 0.2) is 42.7 Å². The predicted octanol–water partition coefficient (Wildman–Crippen LogP) is 4.07. The van der Waals surface area contributed by atoms with Crippen molar-refractivity contribution in [2.75, 3.05) is 0 Å². The molecule has 0 aliphatic heterocycles. The first kappa shape index (κ1) is 14.9. The lowest BCUT2D eigenvalue weighted by Crippen LogP contribution is -2.25. The van der Waals surface area contributed by atoms with Gasteiger partial charge in [0.15, 0.2) is 0 Å². The number of nitrogens with zero attached hydrogens (tertiary/aromatic N) is 1. The maximum atomic E-state index is 3.69. The van der Waals surface area contributed by atoms with Crippen LogP contribution in [0.25, 0.3) is 0 Å². The van der Waals surface area contributed by atoms with E-state index in [1.807, 2.05) is 0 Å². The summed E-state index contributed by atoms with van der Waals surface area (Å²) in [6, 6.07) is 11.6. The molecule has 2 heteroatoms. The average molecular weight is 270 g/mol. The normalized spacial score (nSPS) is 12.8. The Morgan fingerprint density at radius 2 is 1.75 bits per heavy atom. The predicted molar refractivity (Wildman–Crippen MR) is 85.7 cm³/mol. The van der Waals surface area contributed by atoms with Gasteiger partial charge in [-0.1, -0.05) is 45.0 Å². The van der Waals surface area contributed by atoms with Gasteiger partial charge < -0.3 is 9.88 Å². The molecule has 1 atom stereocenters. The van der Waals surface area contributed by atoms with Crippen molar-refractivity contribution in [3.63, 3.8) is 0 Å². The smallest absolute Gasteiger partial charge is 0.0346 e. The van der Waals surface area contributed by atoms with Crippen LogP contribution in [0.4, 0.5) is 0 Å². The lowest BCUT2D eigenvalue weighted by molar-refractivity contribution is 0.410. The van der Waals surface area contributed by atoms with Crippen LogP contribution in [-0.2, 0) is 20.0 Å². The fraction of sp³-hybridized carbons (Fsp3) is 0.444. The first-order valence-electron chi connectivity index (χ1n) is 7.53. The molecule has 1 aromatic heterocycles. The van der Waals surface area contributed by atoms with Gasteiger partial charge in [0.1, 0.15) is 0 Å². The molecule has 0 spiro atoms. The Morgan fingerprint density at radius 3 is 2.25 bits per heavy atom. The lowest BCUT2D eigenvalue weighted by Gasteiger charge is -2.23. The van der Waals surface area contributed by atoms with Crippen molar-refractivity contribution in [2.24, 2.45) is 13.0 Å². The third kappa shape index (κ3) is 3.73. The van der Waals surface area contributed by atoms with E-state index in [9.17, 15) is 0 Å². The molecule has 0 fully saturated rings. The molecule has 2 nitrogen and oxygen atoms in total. The molecular formula is C18H26N2. The molecule has 1 unspecified atom stereocenters. The zero-order chi connectivity index (χ0) is 14.5. The monoisotopic (exact) mass is 270 g/mol. The van der Waals surface area contributed by atoms with Gasteiger partial charge in [0.2, 0.25) is 0 Å². The second kappa shape index (κ2) is 6.76. The first-order chi connectivity index (χ1) is 9.60. The Kier molecular flexibility index (Phi) is 5.02. The number of benzene rings is 1. The molecule has 108 valence electrons. The Balaban J connectivity index is 2.06. The van der Waals surface area contributed by atoms with Crippen LogP contribution in [0.1, 0.15) is 43.5 Å². The van der Waals surface area contributed by atoms with E-state index in [1.54, 1.807) is 0 Å². The van der Waals surface area contributed by atoms with Gasteiger partial charge in [0.25, 0.3) is 0 Å². The molecular weight excluding hydrogens is 244 g/mol. The average Bonchev–Trinajstić information content (AvgIpc) is 2.85. The number of rotatable bonds is 6. The molecule has 0 saturated carbocycles. The molecule has 1 heterocycles. The van der Waals surface area contributed by atoms with Crippen molar-refractivity contribution in [1.29, 1.82) is 0 Å². The van der Waals surface area contributed by atoms with Crippen LogP contribution in [0.2, 0.25) is 0 Å². The third-order valence-corrected chi connectivity index (χ3v) is 3.83. The summed E-state index contributed by atoms with van der Waals surface area (Å²) in [5, 5.41) is 3.69. The molecule has 0 aliphatic carbocycles. The van der Waals surface area contributed by atoms with Gasteiger partial charge in [-0.25, -0.2) is 0 Å². The van der Waals surface area contributed by atoms with Crippen LogP contribution in [0, 0.1) is 5.92 Å². The summed E-state index contributed by atoms with van der Waals surface area (Å²) in [5.41, 5.74) is 4.12. The quantitative estimate of drug-likeness (QED) is 0.837. The molecule has 0 bridgehead atoms. The van der Waals surface area contributed by atoms with Crippen molar-refractivity contribution in [1.82, 2.24) is 9.88 Å². The molecule has 0 amide bonds. The Hall–Kier alpha value is -1.54. The van der Waals surface area contributed by atoms with Gasteiger partial charge in [-0.3, -0.25) is 0 Å². The van der Waals surface area contributed by atoms with E-state index in [1.165, 1.54) is 16.7 Å². The van der Waals surface area contributed by atoms with Crippen LogP contribution in [0.3, 0.4) is 0 Å². The number of nitrogens with one attached hydrogen (secondary N) is 1. The van der Waals surface area contributed by atoms with Crippen LogP contribution in [-0.4, -0.2) is 4.57 Å². The van der Waals surface area contributed by atoms with E-state index in [4.69, 9.17) is 0 Å². The summed E-state index contributed by atoms with van der Waals surface area (Å²) >= 11 is 0. The Labute approximate surface area is 122 Å². The first-order valence-corrected chi connectivity index (χ1v) is 7.53. The van der Waals surface area contributed by atoms with Crippen LogP contribution >= 0.6 is 0 Å². The maximum absolute atomic E-state index is 3.69. The highest BCUT2D eigenvalue weighted by molar-refractivity contribution is 5.25. The van der Waals surface area contributed by atoms with Crippen LogP contribution < -0.4 is 5.32 Å². The molecule has 0 aliphatic rings. The van der Waals surface area contributed by atoms with Crippen molar-refractivity contribution in [2.45, 2.75) is 39.8 Å². The minimum atomic E-state index is 0.404. The van der Waals surface area contributed by atoms with E-state index in [2.05, 4.69) is 80.4 Å². The van der Waals surface area contributed by atoms with Crippen molar-refractivity contribution >= 4 is 0 Å². The molecule has 2 rings (SSSR count). The molecule has 2 aromatic rings. The summed E-state index contributed by atoms with van der Waals surface area (Å²) in [4.78, 5) is 0. The highest BCUT2D eigenvalue weighted by atomic mass is 14.9. The summed E-state index contributed by atoms with van der Waals surface area (Å²) in [6.45, 7) is 7.66. The van der Waals surface area contributed by atoms with Gasteiger partial charge in [-0.15, -0.1) is 0 Å². The van der Waals surface area contributed by atoms with Crippen molar-refractivity contribution in [3.05, 3.63) is 59.4 Å². The van der Waals surface area contributed by atoms with Crippen molar-refractivity contribution < 1.29 is 0 Å². The fourth-order valence-corrected chi connectivity index (χ4v) is 2.59. The van der Waals surface area contributed by atoms with Gasteiger partial charge in [-0.05, 0) is 35.1 Å². The zero-order valence-electron chi connectivity index (χ0n) is 13.1. The molecule has 1 N–H and O–H groups in total. The highest BCUT2D eigenvalue weighted by Crippen LogP contribution is 2.22. The fourth-order valence-electron chi connectivity index (χ4n) is 2.59. The minimum Gasteiger partial charge on any atom is -0.357 e. The summed E-state index contributed by atoms with van der Waals surface area (Å²) in [6.07, 6.45) is 5.37. The third-order valence-electron chi connectivity index (χ3n) is 3.83. The van der Waals surface area contributed by atoms with E-state index in [-0.39, 0.29) is 0 Å². The summed E-state index contributed by atoms with van der Waals surface area (Å²) in [5.74, 6) is 0.575. The largest absolute Gasteiger partial charge is 0.357 e. The molecule has 0 saturated heterocycles. The zero-order valence-corrected chi connectivity index (χ0v) is 13.1. The van der Waals surface area contributed by atoms with Gasteiger partial charge in [0, 0.05) is 32.0 Å². The second-order valence-electron chi connectivity index (χ2n) is 5.88. The Bertz CT molecular complexity index is 523. The van der Waals surface area contributed by atoms with Gasteiger partial charge >= 0.3 is 0 Å². The number of aryl methyl sites for hydroxylation is 2. The lowest BCUT2D eigenvalue weighted by atomic mass is 9.94. The number of hydrogen-bond donors (Lipinski definition) is 1. The topological polar surface area (TPSA) is 17.0 Å². The summed E-state index contributed by atoms with van der Waals surface area (Å²) < 4.78 is 2.09. The molecule has 1 aromatic carbocycles. The standard InChI is InChI=1S/C18H26N2/c1-5-15-6-8-17(9-7-15)18(14(2)3)19-12-16-10-11-20(4)13-16/h6-11,13-14,18-19H,5,12H2,1-4H3. The minimum absolute atomic E-state index is 0.404. The van der Waals surface area contributed by atoms with Gasteiger partial charge in [-0.2, -0.15) is 0 Å². The second-order valence-corrected chi connectivity index (χ2v) is 5.88. The number of hydrogen-bond acceptors (Lipinski definition) is 1. The molecule has 0 radical (unpaired) electrons. The summed E-state index contributed by atoms with van der Waals surface area (Å²) in [7, 11) is 2.06. The maximum Gasteiger partial charge on any atom is 0.0346 e.